The van der Waals surface area contributed by atoms with E-state index in [0.29, 0.717) is 35.7 Å². The minimum absolute atomic E-state index is 0.0148. The van der Waals surface area contributed by atoms with Crippen molar-refractivity contribution in [1.82, 2.24) is 0 Å². The van der Waals surface area contributed by atoms with Gasteiger partial charge in [0.05, 0.1) is 6.61 Å². The average molecular weight is 375 g/mol. The van der Waals surface area contributed by atoms with Crippen molar-refractivity contribution in [1.29, 1.82) is 0 Å². The van der Waals surface area contributed by atoms with Gasteiger partial charge in [0.15, 0.2) is 0 Å². The number of carbonyl (C=O) groups excluding carboxylic acids is 1. The fraction of sp³-hybridized carbons (Fsp3) is 0.960. The summed E-state index contributed by atoms with van der Waals surface area (Å²) in [5.41, 5.74) is 1.10. The van der Waals surface area contributed by atoms with Crippen molar-refractivity contribution in [3.8, 4) is 0 Å². The second-order valence-corrected chi connectivity index (χ2v) is 11.1. The van der Waals surface area contributed by atoms with E-state index in [4.69, 9.17) is 4.74 Å². The quantitative estimate of drug-likeness (QED) is 0.517. The van der Waals surface area contributed by atoms with E-state index in [-0.39, 0.29) is 5.97 Å². The highest BCUT2D eigenvalue weighted by molar-refractivity contribution is 5.69. The molecule has 0 spiro atoms. The molecule has 0 saturated heterocycles. The average Bonchev–Trinajstić information content (AvgIpc) is 2.98. The number of fused-ring (bicyclic) bond motifs is 5. The maximum atomic E-state index is 12.1. The second-order valence-electron chi connectivity index (χ2n) is 11.1. The summed E-state index contributed by atoms with van der Waals surface area (Å²) in [5, 5.41) is 0. The molecule has 4 saturated carbocycles. The normalized spacial score (nSPS) is 47.5. The molecule has 8 atom stereocenters. The first-order chi connectivity index (χ1) is 12.9. The van der Waals surface area contributed by atoms with Crippen LogP contribution >= 0.6 is 0 Å². The number of esters is 1. The molecule has 0 unspecified atom stereocenters. The number of carbonyl (C=O) groups is 1. The fourth-order valence-electron chi connectivity index (χ4n) is 8.90. The molecule has 4 aliphatic carbocycles. The topological polar surface area (TPSA) is 26.3 Å². The lowest BCUT2D eigenvalue weighted by molar-refractivity contribution is -0.145. The Morgan fingerprint density at radius 3 is 2.52 bits per heavy atom. The Hall–Kier alpha value is -0.530. The monoisotopic (exact) mass is 374 g/mol. The molecule has 0 aromatic carbocycles. The van der Waals surface area contributed by atoms with Gasteiger partial charge in [0.25, 0.3) is 0 Å². The molecule has 2 heteroatoms. The van der Waals surface area contributed by atoms with Crippen LogP contribution in [0.3, 0.4) is 0 Å². The van der Waals surface area contributed by atoms with E-state index < -0.39 is 0 Å². The molecule has 0 amide bonds. The van der Waals surface area contributed by atoms with Crippen LogP contribution in [-0.4, -0.2) is 12.6 Å². The summed E-state index contributed by atoms with van der Waals surface area (Å²) in [5.74, 6) is 5.06. The maximum absolute atomic E-state index is 12.1. The van der Waals surface area contributed by atoms with Gasteiger partial charge in [-0.2, -0.15) is 0 Å². The van der Waals surface area contributed by atoms with Crippen LogP contribution in [0.25, 0.3) is 0 Å². The lowest BCUT2D eigenvalue weighted by Crippen LogP contribution is -2.53. The lowest BCUT2D eigenvalue weighted by atomic mass is 9.44. The van der Waals surface area contributed by atoms with Gasteiger partial charge >= 0.3 is 5.97 Å². The molecule has 0 aromatic heterocycles. The third-order valence-electron chi connectivity index (χ3n) is 10.1. The van der Waals surface area contributed by atoms with Crippen molar-refractivity contribution < 1.29 is 9.53 Å². The predicted octanol–water partition coefficient (Wildman–Crippen LogP) is 6.62. The standard InChI is InChI=1S/C25H42O2/c1-5-27-23(26)16-17(2)20-11-12-21-19-10-9-18-8-6-7-14-24(18,3)22(19)13-15-25(20,21)4/h17-22H,5-16H2,1-4H3/t17-,18+,19+,20-,21+,22+,24+,25-/m1/s1. The Balaban J connectivity index is 1.50. The smallest absolute Gasteiger partial charge is 0.306 e. The molecule has 0 aliphatic heterocycles. The summed E-state index contributed by atoms with van der Waals surface area (Å²) in [6, 6.07) is 0. The van der Waals surface area contributed by atoms with Crippen LogP contribution in [0.5, 0.6) is 0 Å². The SMILES string of the molecule is CCOC(=O)C[C@@H](C)[C@H]1CC[C@H]2[C@@H]3CC[C@@H]4CCCC[C@]4(C)[C@H]3CC[C@]12C. The van der Waals surface area contributed by atoms with E-state index in [0.717, 1.165) is 23.7 Å². The van der Waals surface area contributed by atoms with E-state index in [1.54, 1.807) is 0 Å². The van der Waals surface area contributed by atoms with E-state index in [1.165, 1.54) is 64.2 Å². The predicted molar refractivity (Wildman–Crippen MR) is 110 cm³/mol. The summed E-state index contributed by atoms with van der Waals surface area (Å²) in [7, 11) is 0. The molecule has 4 rings (SSSR count). The molecule has 27 heavy (non-hydrogen) atoms. The van der Waals surface area contributed by atoms with Gasteiger partial charge in [-0.15, -0.1) is 0 Å². The third-order valence-corrected chi connectivity index (χ3v) is 10.1. The summed E-state index contributed by atoms with van der Waals surface area (Å²) in [6.07, 6.45) is 15.1. The molecule has 0 heterocycles. The molecular formula is C25H42O2. The minimum Gasteiger partial charge on any atom is -0.466 e. The van der Waals surface area contributed by atoms with Crippen molar-refractivity contribution in [2.45, 2.75) is 98.3 Å². The highest BCUT2D eigenvalue weighted by atomic mass is 16.5. The van der Waals surface area contributed by atoms with Crippen LogP contribution < -0.4 is 0 Å². The summed E-state index contributed by atoms with van der Waals surface area (Å²) >= 11 is 0. The molecule has 4 aliphatic rings. The Kier molecular flexibility index (Phi) is 5.40. The zero-order chi connectivity index (χ0) is 19.2. The van der Waals surface area contributed by atoms with Gasteiger partial charge in [0.2, 0.25) is 0 Å². The van der Waals surface area contributed by atoms with Crippen LogP contribution in [0.4, 0.5) is 0 Å². The zero-order valence-electron chi connectivity index (χ0n) is 18.3. The van der Waals surface area contributed by atoms with Crippen LogP contribution in [-0.2, 0) is 9.53 Å². The third kappa shape index (κ3) is 3.18. The number of hydrogen-bond donors (Lipinski definition) is 0. The fourth-order valence-corrected chi connectivity index (χ4v) is 8.90. The minimum atomic E-state index is 0.0148. The molecule has 2 nitrogen and oxygen atoms in total. The van der Waals surface area contributed by atoms with Crippen LogP contribution in [0.2, 0.25) is 0 Å². The highest BCUT2D eigenvalue weighted by Crippen LogP contribution is 2.68. The van der Waals surface area contributed by atoms with Crippen molar-refractivity contribution in [2.24, 2.45) is 46.3 Å². The van der Waals surface area contributed by atoms with Crippen molar-refractivity contribution in [2.75, 3.05) is 6.61 Å². The lowest BCUT2D eigenvalue weighted by Gasteiger charge is -2.60. The first kappa shape index (κ1) is 19.8. The van der Waals surface area contributed by atoms with Crippen LogP contribution in [0, 0.1) is 46.3 Å². The number of ether oxygens (including phenoxy) is 1. The zero-order valence-corrected chi connectivity index (χ0v) is 18.3. The van der Waals surface area contributed by atoms with Crippen molar-refractivity contribution >= 4 is 5.97 Å². The summed E-state index contributed by atoms with van der Waals surface area (Å²) in [4.78, 5) is 12.1. The Morgan fingerprint density at radius 1 is 0.963 bits per heavy atom. The molecule has 154 valence electrons. The van der Waals surface area contributed by atoms with Crippen molar-refractivity contribution in [3.05, 3.63) is 0 Å². The van der Waals surface area contributed by atoms with Crippen LogP contribution in [0.15, 0.2) is 0 Å². The van der Waals surface area contributed by atoms with Crippen molar-refractivity contribution in [3.63, 3.8) is 0 Å². The van der Waals surface area contributed by atoms with Gasteiger partial charge in [0, 0.05) is 6.42 Å². The van der Waals surface area contributed by atoms with Gasteiger partial charge in [-0.05, 0) is 105 Å². The Labute approximate surface area is 167 Å². The van der Waals surface area contributed by atoms with E-state index in [2.05, 4.69) is 20.8 Å². The van der Waals surface area contributed by atoms with Gasteiger partial charge in [0.1, 0.15) is 0 Å². The highest BCUT2D eigenvalue weighted by Gasteiger charge is 2.60. The van der Waals surface area contributed by atoms with Gasteiger partial charge in [-0.1, -0.05) is 33.6 Å². The van der Waals surface area contributed by atoms with Gasteiger partial charge < -0.3 is 4.74 Å². The molecule has 0 aromatic rings. The van der Waals surface area contributed by atoms with Crippen LogP contribution in [0.1, 0.15) is 98.3 Å². The molecule has 0 bridgehead atoms. The first-order valence-electron chi connectivity index (χ1n) is 12.1. The Morgan fingerprint density at radius 2 is 1.74 bits per heavy atom. The molecule has 0 radical (unpaired) electrons. The first-order valence-corrected chi connectivity index (χ1v) is 12.1. The van der Waals surface area contributed by atoms with Gasteiger partial charge in [-0.25, -0.2) is 0 Å². The number of hydrogen-bond acceptors (Lipinski definition) is 2. The van der Waals surface area contributed by atoms with E-state index in [9.17, 15) is 4.79 Å². The molecule has 4 fully saturated rings. The molecule has 0 N–H and O–H groups in total. The largest absolute Gasteiger partial charge is 0.466 e. The number of rotatable bonds is 4. The Bertz CT molecular complexity index is 557. The second kappa shape index (κ2) is 7.38. The van der Waals surface area contributed by atoms with E-state index in [1.807, 2.05) is 6.92 Å². The summed E-state index contributed by atoms with van der Waals surface area (Å²) in [6.45, 7) is 10.0. The summed E-state index contributed by atoms with van der Waals surface area (Å²) < 4.78 is 5.26. The van der Waals surface area contributed by atoms with E-state index >= 15 is 0 Å². The molecular weight excluding hydrogens is 332 g/mol. The van der Waals surface area contributed by atoms with Gasteiger partial charge in [-0.3, -0.25) is 4.79 Å². The maximum Gasteiger partial charge on any atom is 0.306 e.